The third kappa shape index (κ3) is 5.55. The largest absolute Gasteiger partial charge is 0.378 e. The van der Waals surface area contributed by atoms with Crippen molar-refractivity contribution in [2.24, 2.45) is 0 Å². The summed E-state index contributed by atoms with van der Waals surface area (Å²) in [5.41, 5.74) is 2.12. The number of likely N-dealkylation sites (N-methyl/N-ethyl adjacent to an activating group) is 1. The molecule has 0 bridgehead atoms. The summed E-state index contributed by atoms with van der Waals surface area (Å²) in [6, 6.07) is 14.4. The molecule has 6 nitrogen and oxygen atoms in total. The van der Waals surface area contributed by atoms with E-state index in [-0.39, 0.29) is 11.8 Å². The molecule has 1 aliphatic rings. The fourth-order valence-corrected chi connectivity index (χ4v) is 3.28. The molecule has 1 fully saturated rings. The van der Waals surface area contributed by atoms with Gasteiger partial charge in [0, 0.05) is 35.9 Å². The van der Waals surface area contributed by atoms with E-state index < -0.39 is 0 Å². The van der Waals surface area contributed by atoms with E-state index >= 15 is 0 Å². The van der Waals surface area contributed by atoms with Gasteiger partial charge in [-0.25, -0.2) is 0 Å². The SMILES string of the molecule is CN(CC(=O)N1CCOCC1)Cc1cc(Cl)ccc1NC(=O)c1ccccc1. The summed E-state index contributed by atoms with van der Waals surface area (Å²) < 4.78 is 5.29. The maximum atomic E-state index is 12.5. The van der Waals surface area contributed by atoms with Gasteiger partial charge in [-0.1, -0.05) is 29.8 Å². The normalized spacial score (nSPS) is 14.2. The standard InChI is InChI=1S/C21H24ClN3O3/c1-24(15-20(26)25-9-11-28-12-10-25)14-17-13-18(22)7-8-19(17)23-21(27)16-5-3-2-4-6-16/h2-8,13H,9-12,14-15H2,1H3,(H,23,27). The zero-order chi connectivity index (χ0) is 19.9. The molecule has 3 rings (SSSR count). The Balaban J connectivity index is 1.66. The van der Waals surface area contributed by atoms with Gasteiger partial charge in [0.15, 0.2) is 0 Å². The van der Waals surface area contributed by atoms with Crippen LogP contribution in [0.1, 0.15) is 15.9 Å². The quantitative estimate of drug-likeness (QED) is 0.808. The first-order valence-corrected chi connectivity index (χ1v) is 9.59. The highest BCUT2D eigenvalue weighted by Crippen LogP contribution is 2.23. The minimum absolute atomic E-state index is 0.0719. The second-order valence-electron chi connectivity index (χ2n) is 6.79. The topological polar surface area (TPSA) is 61.9 Å². The maximum absolute atomic E-state index is 12.5. The number of ether oxygens (including phenoxy) is 1. The Kier molecular flexibility index (Phi) is 7.03. The van der Waals surface area contributed by atoms with E-state index in [1.165, 1.54) is 0 Å². The van der Waals surface area contributed by atoms with Crippen molar-refractivity contribution in [1.82, 2.24) is 9.80 Å². The first-order valence-electron chi connectivity index (χ1n) is 9.22. The number of amides is 2. The summed E-state index contributed by atoms with van der Waals surface area (Å²) in [6.07, 6.45) is 0. The monoisotopic (exact) mass is 401 g/mol. The highest BCUT2D eigenvalue weighted by molar-refractivity contribution is 6.30. The fraction of sp³-hybridized carbons (Fsp3) is 0.333. The van der Waals surface area contributed by atoms with E-state index in [1.807, 2.05) is 41.1 Å². The second-order valence-corrected chi connectivity index (χ2v) is 7.22. The van der Waals surface area contributed by atoms with Gasteiger partial charge in [0.25, 0.3) is 5.91 Å². The highest BCUT2D eigenvalue weighted by atomic mass is 35.5. The number of hydrogen-bond acceptors (Lipinski definition) is 4. The molecule has 1 N–H and O–H groups in total. The Morgan fingerprint density at radius 1 is 1.14 bits per heavy atom. The second kappa shape index (κ2) is 9.68. The summed E-state index contributed by atoms with van der Waals surface area (Å²) in [5, 5.41) is 3.52. The van der Waals surface area contributed by atoms with Crippen molar-refractivity contribution in [3.05, 3.63) is 64.7 Å². The summed E-state index contributed by atoms with van der Waals surface area (Å²) in [7, 11) is 1.88. The molecular weight excluding hydrogens is 378 g/mol. The Labute approximate surface area is 170 Å². The number of hydrogen-bond donors (Lipinski definition) is 1. The van der Waals surface area contributed by atoms with Gasteiger partial charge in [0.2, 0.25) is 5.91 Å². The first kappa shape index (κ1) is 20.3. The van der Waals surface area contributed by atoms with Crippen LogP contribution in [0.2, 0.25) is 5.02 Å². The molecule has 0 aliphatic carbocycles. The third-order valence-electron chi connectivity index (χ3n) is 4.56. The summed E-state index contributed by atoms with van der Waals surface area (Å²) in [5.74, 6) is -0.112. The molecule has 0 unspecified atom stereocenters. The predicted octanol–water partition coefficient (Wildman–Crippen LogP) is 2.88. The predicted molar refractivity (Wildman–Crippen MR) is 110 cm³/mol. The van der Waals surface area contributed by atoms with Gasteiger partial charge < -0.3 is 15.0 Å². The average molecular weight is 402 g/mol. The molecule has 28 heavy (non-hydrogen) atoms. The van der Waals surface area contributed by atoms with Gasteiger partial charge >= 0.3 is 0 Å². The molecule has 0 aromatic heterocycles. The molecule has 0 spiro atoms. The van der Waals surface area contributed by atoms with Crippen LogP contribution in [-0.2, 0) is 16.1 Å². The molecule has 0 radical (unpaired) electrons. The van der Waals surface area contributed by atoms with Crippen LogP contribution in [0.4, 0.5) is 5.69 Å². The van der Waals surface area contributed by atoms with E-state index in [1.54, 1.807) is 24.3 Å². The number of carbonyl (C=O) groups is 2. The van der Waals surface area contributed by atoms with Crippen LogP contribution in [0.25, 0.3) is 0 Å². The Morgan fingerprint density at radius 3 is 2.57 bits per heavy atom. The van der Waals surface area contributed by atoms with Crippen molar-refractivity contribution in [3.8, 4) is 0 Å². The molecule has 1 heterocycles. The lowest BCUT2D eigenvalue weighted by Crippen LogP contribution is -2.44. The smallest absolute Gasteiger partial charge is 0.255 e. The van der Waals surface area contributed by atoms with E-state index in [0.717, 1.165) is 5.56 Å². The van der Waals surface area contributed by atoms with Gasteiger partial charge in [0.05, 0.1) is 19.8 Å². The van der Waals surface area contributed by atoms with Crippen molar-refractivity contribution in [1.29, 1.82) is 0 Å². The lowest BCUT2D eigenvalue weighted by Gasteiger charge is -2.29. The number of carbonyl (C=O) groups excluding carboxylic acids is 2. The number of morpholine rings is 1. The molecule has 2 amide bonds. The van der Waals surface area contributed by atoms with E-state index in [9.17, 15) is 9.59 Å². The lowest BCUT2D eigenvalue weighted by molar-refractivity contribution is -0.136. The van der Waals surface area contributed by atoms with Crippen molar-refractivity contribution < 1.29 is 14.3 Å². The Morgan fingerprint density at radius 2 is 1.86 bits per heavy atom. The molecular formula is C21H24ClN3O3. The van der Waals surface area contributed by atoms with E-state index in [4.69, 9.17) is 16.3 Å². The van der Waals surface area contributed by atoms with E-state index in [0.29, 0.717) is 55.7 Å². The van der Waals surface area contributed by atoms with Crippen LogP contribution < -0.4 is 5.32 Å². The third-order valence-corrected chi connectivity index (χ3v) is 4.80. The molecule has 2 aromatic carbocycles. The molecule has 0 saturated carbocycles. The van der Waals surface area contributed by atoms with Crippen molar-refractivity contribution in [3.63, 3.8) is 0 Å². The minimum atomic E-state index is -0.184. The van der Waals surface area contributed by atoms with Crippen LogP contribution >= 0.6 is 11.6 Å². The van der Waals surface area contributed by atoms with Gasteiger partial charge in [-0.2, -0.15) is 0 Å². The zero-order valence-electron chi connectivity index (χ0n) is 15.9. The lowest BCUT2D eigenvalue weighted by atomic mass is 10.1. The number of rotatable bonds is 6. The molecule has 148 valence electrons. The molecule has 1 aliphatic heterocycles. The average Bonchev–Trinajstić information content (AvgIpc) is 2.71. The zero-order valence-corrected chi connectivity index (χ0v) is 16.6. The highest BCUT2D eigenvalue weighted by Gasteiger charge is 2.19. The van der Waals surface area contributed by atoms with Gasteiger partial charge in [-0.05, 0) is 42.9 Å². The van der Waals surface area contributed by atoms with Crippen LogP contribution in [-0.4, -0.2) is 61.5 Å². The summed E-state index contributed by atoms with van der Waals surface area (Å²) in [6.45, 7) is 3.20. The Bertz CT molecular complexity index is 823. The van der Waals surface area contributed by atoms with Crippen molar-refractivity contribution in [2.45, 2.75) is 6.54 Å². The van der Waals surface area contributed by atoms with Gasteiger partial charge in [-0.3, -0.25) is 14.5 Å². The van der Waals surface area contributed by atoms with Crippen molar-refractivity contribution >= 4 is 29.1 Å². The molecule has 7 heteroatoms. The van der Waals surface area contributed by atoms with Crippen LogP contribution in [0.15, 0.2) is 48.5 Å². The molecule has 1 saturated heterocycles. The van der Waals surface area contributed by atoms with Crippen LogP contribution in [0, 0.1) is 0 Å². The summed E-state index contributed by atoms with van der Waals surface area (Å²) in [4.78, 5) is 28.7. The van der Waals surface area contributed by atoms with E-state index in [2.05, 4.69) is 5.32 Å². The van der Waals surface area contributed by atoms with Gasteiger partial charge in [0.1, 0.15) is 0 Å². The first-order chi connectivity index (χ1) is 13.5. The van der Waals surface area contributed by atoms with Crippen LogP contribution in [0.3, 0.4) is 0 Å². The maximum Gasteiger partial charge on any atom is 0.255 e. The summed E-state index contributed by atoms with van der Waals surface area (Å²) >= 11 is 6.16. The minimum Gasteiger partial charge on any atom is -0.378 e. The number of anilines is 1. The number of nitrogens with zero attached hydrogens (tertiary/aromatic N) is 2. The van der Waals surface area contributed by atoms with Gasteiger partial charge in [-0.15, -0.1) is 0 Å². The van der Waals surface area contributed by atoms with Crippen LogP contribution in [0.5, 0.6) is 0 Å². The molecule has 2 aromatic rings. The number of nitrogens with one attached hydrogen (secondary N) is 1. The molecule has 0 atom stereocenters. The van der Waals surface area contributed by atoms with Crippen molar-refractivity contribution in [2.75, 3.05) is 45.2 Å². The number of halogens is 1. The number of benzene rings is 2. The Hall–Kier alpha value is -2.41. The fourth-order valence-electron chi connectivity index (χ4n) is 3.09.